The Bertz CT molecular complexity index is 1640. The molecule has 0 radical (unpaired) electrons. The summed E-state index contributed by atoms with van der Waals surface area (Å²) in [6.07, 6.45) is 6.13. The van der Waals surface area contributed by atoms with Gasteiger partial charge in [-0.05, 0) is 77.0 Å². The van der Waals surface area contributed by atoms with Crippen molar-refractivity contribution in [2.75, 3.05) is 51.3 Å². The zero-order chi connectivity index (χ0) is 34.6. The van der Waals surface area contributed by atoms with Crippen molar-refractivity contribution >= 4 is 34.4 Å². The van der Waals surface area contributed by atoms with Crippen LogP contribution in [0.5, 0.6) is 6.01 Å². The summed E-state index contributed by atoms with van der Waals surface area (Å²) < 4.78 is 39.4. The number of nitrogens with zero attached hydrogens (tertiary/aromatic N) is 7. The highest BCUT2D eigenvalue weighted by Gasteiger charge is 2.35. The molecule has 0 N–H and O–H groups in total. The Morgan fingerprint density at radius 3 is 2.44 bits per heavy atom. The molecule has 4 aliphatic rings. The van der Waals surface area contributed by atoms with Crippen molar-refractivity contribution in [1.82, 2.24) is 24.8 Å². The van der Waals surface area contributed by atoms with Crippen molar-refractivity contribution in [3.8, 4) is 23.3 Å². The van der Waals surface area contributed by atoms with Gasteiger partial charge in [-0.3, -0.25) is 9.88 Å². The molecule has 10 nitrogen and oxygen atoms in total. The number of aromatic nitrogens is 3. The van der Waals surface area contributed by atoms with Crippen LogP contribution in [0, 0.1) is 17.1 Å². The van der Waals surface area contributed by atoms with Gasteiger partial charge in [-0.1, -0.05) is 23.7 Å². The molecule has 258 valence electrons. The van der Waals surface area contributed by atoms with E-state index in [1.165, 1.54) is 26.9 Å². The second-order valence-corrected chi connectivity index (χ2v) is 13.9. The fraction of sp³-hybridized carbons (Fsp3) is 0.571. The van der Waals surface area contributed by atoms with Crippen molar-refractivity contribution in [1.29, 1.82) is 5.26 Å². The predicted octanol–water partition coefficient (Wildman–Crippen LogP) is 7.15. The maximum Gasteiger partial charge on any atom is 0.410 e. The van der Waals surface area contributed by atoms with E-state index in [1.54, 1.807) is 17.2 Å². The van der Waals surface area contributed by atoms with Crippen molar-refractivity contribution in [2.45, 2.75) is 83.5 Å². The minimum absolute atomic E-state index is 0.0663. The van der Waals surface area contributed by atoms with Gasteiger partial charge in [-0.2, -0.15) is 15.2 Å². The van der Waals surface area contributed by atoms with E-state index in [0.717, 1.165) is 31.4 Å². The molecular weight excluding hydrogens is 640 g/mol. The van der Waals surface area contributed by atoms with E-state index in [0.29, 0.717) is 66.5 Å². The van der Waals surface area contributed by atoms with Gasteiger partial charge in [0.15, 0.2) is 5.82 Å². The quantitative estimate of drug-likeness (QED) is 0.283. The van der Waals surface area contributed by atoms with Crippen LogP contribution in [0.15, 0.2) is 24.4 Å². The first-order chi connectivity index (χ1) is 22.9. The highest BCUT2D eigenvalue weighted by molar-refractivity contribution is 6.32. The average molecular weight is 684 g/mol. The third-order valence-electron chi connectivity index (χ3n) is 8.81. The van der Waals surface area contributed by atoms with Gasteiger partial charge in [0, 0.05) is 62.5 Å². The first kappa shape index (κ1) is 35.5. The Labute approximate surface area is 286 Å². The maximum absolute atomic E-state index is 16.0. The van der Waals surface area contributed by atoms with Gasteiger partial charge in [-0.15, -0.1) is 0 Å². The maximum atomic E-state index is 16.0. The van der Waals surface area contributed by atoms with E-state index in [1.807, 2.05) is 43.9 Å². The number of hydrogen-bond donors (Lipinski definition) is 0. The smallest absolute Gasteiger partial charge is 0.410 e. The number of piperazine rings is 1. The van der Waals surface area contributed by atoms with Crippen LogP contribution < -0.4 is 9.64 Å². The van der Waals surface area contributed by atoms with Crippen LogP contribution in [0.4, 0.5) is 19.4 Å². The number of amides is 1. The van der Waals surface area contributed by atoms with E-state index < -0.39 is 17.6 Å². The number of fused-ring (bicyclic) bond motifs is 2. The number of pyridine rings is 1. The third-order valence-corrected chi connectivity index (χ3v) is 9.14. The number of nitriles is 1. The number of ether oxygens (including phenoxy) is 2. The number of methoxy groups -OCH3 is 1. The van der Waals surface area contributed by atoms with Gasteiger partial charge in [0.05, 0.1) is 18.6 Å². The molecule has 4 fully saturated rings. The molecule has 13 heteroatoms. The van der Waals surface area contributed by atoms with E-state index in [2.05, 4.69) is 19.9 Å². The summed E-state index contributed by atoms with van der Waals surface area (Å²) in [6, 6.07) is 7.92. The Kier molecular flexibility index (Phi) is 11.2. The number of halogens is 3. The molecule has 5 heterocycles. The summed E-state index contributed by atoms with van der Waals surface area (Å²) in [5, 5.41) is 8.43. The average Bonchev–Trinajstić information content (AvgIpc) is 3.69. The number of carbonyl (C=O) groups excluding carboxylic acids is 1. The number of anilines is 1. The van der Waals surface area contributed by atoms with E-state index >= 15 is 4.39 Å². The van der Waals surface area contributed by atoms with Gasteiger partial charge < -0.3 is 19.3 Å². The van der Waals surface area contributed by atoms with Crippen LogP contribution in [0.25, 0.3) is 22.2 Å². The lowest BCUT2D eigenvalue weighted by atomic mass is 9.99. The highest BCUT2D eigenvalue weighted by Crippen LogP contribution is 2.48. The molecule has 1 saturated carbocycles. The molecule has 48 heavy (non-hydrogen) atoms. The number of alkyl halides is 1. The first-order valence-corrected chi connectivity index (χ1v) is 16.9. The zero-order valence-corrected chi connectivity index (χ0v) is 29.1. The number of carbonyl (C=O) groups is 1. The normalized spacial score (nSPS) is 20.6. The van der Waals surface area contributed by atoms with E-state index in [9.17, 15) is 9.18 Å². The van der Waals surface area contributed by atoms with Crippen molar-refractivity contribution in [2.24, 2.45) is 0 Å². The summed E-state index contributed by atoms with van der Waals surface area (Å²) in [6.45, 7) is 10.7. The predicted molar refractivity (Wildman–Crippen MR) is 182 cm³/mol. The summed E-state index contributed by atoms with van der Waals surface area (Å²) in [5.74, 6) is 0.306. The van der Waals surface area contributed by atoms with Gasteiger partial charge in [0.25, 0.3) is 0 Å². The van der Waals surface area contributed by atoms with Crippen LogP contribution in [0.2, 0.25) is 5.02 Å². The summed E-state index contributed by atoms with van der Waals surface area (Å²) in [5.41, 5.74) is 1.42. The lowest BCUT2D eigenvalue weighted by molar-refractivity contribution is 0.0240. The van der Waals surface area contributed by atoms with Gasteiger partial charge in [0.1, 0.15) is 28.8 Å². The molecule has 3 saturated heterocycles. The zero-order valence-electron chi connectivity index (χ0n) is 28.3. The summed E-state index contributed by atoms with van der Waals surface area (Å²) in [7, 11) is 1.45. The minimum Gasteiger partial charge on any atom is -0.467 e. The monoisotopic (exact) mass is 683 g/mol. The van der Waals surface area contributed by atoms with Crippen molar-refractivity contribution in [3.05, 3.63) is 40.8 Å². The molecular formula is C35H44ClF2N7O3. The SMILES string of the molecule is CC#N.COc1nc(N2CCN(C(=O)OC(C)(C)C)CC2)c2cnc(-c3cccc(Cl)c3C3CC3)c(F)c2n1.FC1CC2CCCN2C1. The Morgan fingerprint density at radius 2 is 1.81 bits per heavy atom. The Balaban J connectivity index is 0.000000315. The van der Waals surface area contributed by atoms with E-state index in [-0.39, 0.29) is 23.3 Å². The van der Waals surface area contributed by atoms with Crippen molar-refractivity contribution < 1.29 is 23.0 Å². The van der Waals surface area contributed by atoms with E-state index in [4.69, 9.17) is 26.3 Å². The van der Waals surface area contributed by atoms with Crippen molar-refractivity contribution in [3.63, 3.8) is 0 Å². The second kappa shape index (κ2) is 15.2. The van der Waals surface area contributed by atoms with Crippen LogP contribution in [0.3, 0.4) is 0 Å². The van der Waals surface area contributed by atoms with Gasteiger partial charge >= 0.3 is 12.1 Å². The number of benzene rings is 1. The molecule has 2 unspecified atom stereocenters. The lowest BCUT2D eigenvalue weighted by Crippen LogP contribution is -2.50. The lowest BCUT2D eigenvalue weighted by Gasteiger charge is -2.36. The molecule has 2 atom stereocenters. The molecule has 2 aromatic heterocycles. The molecule has 0 bridgehead atoms. The molecule has 0 spiro atoms. The summed E-state index contributed by atoms with van der Waals surface area (Å²) in [4.78, 5) is 31.8. The Hall–Kier alpha value is -3.82. The molecule has 7 rings (SSSR count). The van der Waals surface area contributed by atoms with Crippen LogP contribution in [-0.4, -0.2) is 95.0 Å². The molecule has 1 amide bonds. The largest absolute Gasteiger partial charge is 0.467 e. The molecule has 1 aromatic carbocycles. The topological polar surface area (TPSA) is 108 Å². The molecule has 1 aliphatic carbocycles. The molecule has 3 aromatic rings. The van der Waals surface area contributed by atoms with Crippen LogP contribution >= 0.6 is 11.6 Å². The Morgan fingerprint density at radius 1 is 1.10 bits per heavy atom. The van der Waals surface area contributed by atoms with Crippen LogP contribution in [0.1, 0.15) is 71.3 Å². The van der Waals surface area contributed by atoms with Crippen LogP contribution in [-0.2, 0) is 4.74 Å². The van der Waals surface area contributed by atoms with Gasteiger partial charge in [-0.25, -0.2) is 13.6 Å². The number of rotatable bonds is 4. The first-order valence-electron chi connectivity index (χ1n) is 16.5. The minimum atomic E-state index is -0.562. The summed E-state index contributed by atoms with van der Waals surface area (Å²) >= 11 is 6.49. The van der Waals surface area contributed by atoms with Gasteiger partial charge in [0.2, 0.25) is 0 Å². The fourth-order valence-electron chi connectivity index (χ4n) is 6.53. The standard InChI is InChI=1S/C26H29ClFN5O3.C7H12FN.C2H3N/c1-26(2,3)36-25(34)33-12-10-32(11-13-33)23-17-14-29-21(20(28)22(17)30-24(31-23)35-4)16-6-5-7-18(27)19(16)15-8-9-15;8-6-4-7-2-1-3-9(7)5-6;1-2-3/h5-7,14-15H,8-13H2,1-4H3;6-7H,1-5H2;1H3. The second-order valence-electron chi connectivity index (χ2n) is 13.5. The number of hydrogen-bond acceptors (Lipinski definition) is 9. The highest BCUT2D eigenvalue weighted by atomic mass is 35.5. The fourth-order valence-corrected chi connectivity index (χ4v) is 6.86. The third kappa shape index (κ3) is 8.24. The molecule has 3 aliphatic heterocycles.